The van der Waals surface area contributed by atoms with E-state index >= 15 is 0 Å². The van der Waals surface area contributed by atoms with Crippen LogP contribution in [-0.4, -0.2) is 29.4 Å². The molecule has 0 saturated heterocycles. The summed E-state index contributed by atoms with van der Waals surface area (Å²) in [6.07, 6.45) is 0. The van der Waals surface area contributed by atoms with Gasteiger partial charge in [0.1, 0.15) is 0 Å². The molecule has 142 valence electrons. The highest BCUT2D eigenvalue weighted by atomic mass is 16.5. The number of amides is 2. The highest BCUT2D eigenvalue weighted by Gasteiger charge is 2.15. The molecular formula is C20H17N3O5. The Kier molecular flexibility index (Phi) is 5.50. The maximum absolute atomic E-state index is 12.3. The Morgan fingerprint density at radius 3 is 2.43 bits per heavy atom. The number of hydrogen-bond acceptors (Lipinski definition) is 5. The van der Waals surface area contributed by atoms with Gasteiger partial charge in [0.15, 0.2) is 6.61 Å². The van der Waals surface area contributed by atoms with Crippen LogP contribution in [0.15, 0.2) is 59.4 Å². The number of esters is 1. The first-order chi connectivity index (χ1) is 13.4. The minimum atomic E-state index is -0.774. The van der Waals surface area contributed by atoms with Crippen molar-refractivity contribution in [3.05, 3.63) is 70.5 Å². The fraction of sp³-hybridized carbons (Fsp3) is 0.100. The lowest BCUT2D eigenvalue weighted by molar-refractivity contribution is -0.119. The number of rotatable bonds is 5. The Morgan fingerprint density at radius 1 is 0.964 bits per heavy atom. The molecule has 28 heavy (non-hydrogen) atoms. The first-order valence-corrected chi connectivity index (χ1v) is 8.39. The van der Waals surface area contributed by atoms with E-state index in [1.807, 2.05) is 0 Å². The molecule has 1 aromatic heterocycles. The van der Waals surface area contributed by atoms with Crippen LogP contribution in [0, 0.1) is 0 Å². The van der Waals surface area contributed by atoms with Crippen LogP contribution < -0.4 is 16.2 Å². The van der Waals surface area contributed by atoms with Gasteiger partial charge in [-0.25, -0.2) is 4.79 Å². The van der Waals surface area contributed by atoms with Gasteiger partial charge in [0.05, 0.1) is 5.56 Å². The quantitative estimate of drug-likeness (QED) is 0.588. The molecule has 1 heterocycles. The molecule has 0 bridgehead atoms. The maximum Gasteiger partial charge on any atom is 0.339 e. The number of benzene rings is 2. The zero-order valence-corrected chi connectivity index (χ0v) is 14.9. The third-order valence-electron chi connectivity index (χ3n) is 3.77. The number of carbonyl (C=O) groups is 3. The number of pyridine rings is 1. The van der Waals surface area contributed by atoms with Crippen LogP contribution in [0.2, 0.25) is 0 Å². The van der Waals surface area contributed by atoms with Gasteiger partial charge in [-0.05, 0) is 24.3 Å². The molecule has 3 rings (SSSR count). The van der Waals surface area contributed by atoms with Crippen molar-refractivity contribution in [2.24, 2.45) is 0 Å². The Balaban J connectivity index is 1.66. The van der Waals surface area contributed by atoms with Crippen molar-refractivity contribution < 1.29 is 19.1 Å². The van der Waals surface area contributed by atoms with Gasteiger partial charge in [-0.2, -0.15) is 0 Å². The second kappa shape index (κ2) is 8.17. The number of carbonyl (C=O) groups excluding carboxylic acids is 3. The second-order valence-electron chi connectivity index (χ2n) is 5.98. The molecule has 3 N–H and O–H groups in total. The first kappa shape index (κ1) is 18.8. The van der Waals surface area contributed by atoms with E-state index in [4.69, 9.17) is 4.74 Å². The predicted octanol–water partition coefficient (Wildman–Crippen LogP) is 2.28. The summed E-state index contributed by atoms with van der Waals surface area (Å²) in [5, 5.41) is 5.70. The van der Waals surface area contributed by atoms with Crippen molar-refractivity contribution in [2.75, 3.05) is 17.2 Å². The van der Waals surface area contributed by atoms with Crippen LogP contribution in [0.3, 0.4) is 0 Å². The maximum atomic E-state index is 12.3. The monoisotopic (exact) mass is 379 g/mol. The van der Waals surface area contributed by atoms with E-state index in [0.29, 0.717) is 22.3 Å². The Morgan fingerprint density at radius 2 is 1.68 bits per heavy atom. The highest BCUT2D eigenvalue weighted by molar-refractivity contribution is 6.04. The minimum Gasteiger partial charge on any atom is -0.452 e. The lowest BCUT2D eigenvalue weighted by Gasteiger charge is -2.09. The molecule has 0 spiro atoms. The van der Waals surface area contributed by atoms with Crippen molar-refractivity contribution in [2.45, 2.75) is 6.92 Å². The first-order valence-electron chi connectivity index (χ1n) is 8.39. The van der Waals surface area contributed by atoms with E-state index in [9.17, 15) is 19.2 Å². The second-order valence-corrected chi connectivity index (χ2v) is 5.98. The van der Waals surface area contributed by atoms with E-state index in [1.165, 1.54) is 6.92 Å². The van der Waals surface area contributed by atoms with E-state index in [0.717, 1.165) is 6.07 Å². The SMILES string of the molecule is CC(=O)Nc1cccc(NC(=O)COC(=O)c2cc(=O)[nH]c3ccccc23)c1. The molecule has 8 nitrogen and oxygen atoms in total. The average Bonchev–Trinajstić information content (AvgIpc) is 2.65. The highest BCUT2D eigenvalue weighted by Crippen LogP contribution is 2.16. The van der Waals surface area contributed by atoms with Crippen molar-refractivity contribution in [1.29, 1.82) is 0 Å². The molecule has 2 aromatic carbocycles. The lowest BCUT2D eigenvalue weighted by Crippen LogP contribution is -2.22. The van der Waals surface area contributed by atoms with Crippen molar-refractivity contribution >= 4 is 40.1 Å². The molecule has 0 atom stereocenters. The molecule has 0 saturated carbocycles. The third-order valence-corrected chi connectivity index (χ3v) is 3.77. The van der Waals surface area contributed by atoms with E-state index in [2.05, 4.69) is 15.6 Å². The smallest absolute Gasteiger partial charge is 0.339 e. The van der Waals surface area contributed by atoms with E-state index in [1.54, 1.807) is 48.5 Å². The summed E-state index contributed by atoms with van der Waals surface area (Å²) in [6.45, 7) is 0.855. The molecule has 0 aliphatic heterocycles. The van der Waals surface area contributed by atoms with Gasteiger partial charge in [0, 0.05) is 35.3 Å². The molecule has 0 fully saturated rings. The summed E-state index contributed by atoms with van der Waals surface area (Å²) in [5.74, 6) is -1.56. The van der Waals surface area contributed by atoms with Crippen LogP contribution in [0.5, 0.6) is 0 Å². The summed E-state index contributed by atoms with van der Waals surface area (Å²) < 4.78 is 5.05. The van der Waals surface area contributed by atoms with Crippen LogP contribution >= 0.6 is 0 Å². The number of para-hydroxylation sites is 1. The standard InChI is InChI=1S/C20H17N3O5/c1-12(24)21-13-5-4-6-14(9-13)22-19(26)11-28-20(27)16-10-18(25)23-17-8-3-2-7-15(16)17/h2-10H,11H2,1H3,(H,21,24)(H,22,26)(H,23,25). The van der Waals surface area contributed by atoms with Gasteiger partial charge < -0.3 is 20.4 Å². The van der Waals surface area contributed by atoms with Gasteiger partial charge >= 0.3 is 5.97 Å². The van der Waals surface area contributed by atoms with Crippen LogP contribution in [0.4, 0.5) is 11.4 Å². The van der Waals surface area contributed by atoms with E-state index in [-0.39, 0.29) is 11.5 Å². The molecule has 2 amide bonds. The van der Waals surface area contributed by atoms with Gasteiger partial charge in [0.25, 0.3) is 5.91 Å². The number of fused-ring (bicyclic) bond motifs is 1. The Bertz CT molecular complexity index is 1120. The Labute approximate surface area is 159 Å². The Hall–Kier alpha value is -3.94. The number of H-pyrrole nitrogens is 1. The molecule has 0 aliphatic carbocycles. The fourth-order valence-electron chi connectivity index (χ4n) is 2.66. The van der Waals surface area contributed by atoms with Crippen LogP contribution in [0.25, 0.3) is 10.9 Å². The number of nitrogens with one attached hydrogen (secondary N) is 3. The molecule has 0 radical (unpaired) electrons. The molecule has 3 aromatic rings. The summed E-state index contributed by atoms with van der Waals surface area (Å²) in [7, 11) is 0. The minimum absolute atomic E-state index is 0.0832. The number of aromatic amines is 1. The van der Waals surface area contributed by atoms with Gasteiger partial charge in [-0.15, -0.1) is 0 Å². The lowest BCUT2D eigenvalue weighted by atomic mass is 10.1. The zero-order chi connectivity index (χ0) is 20.1. The van der Waals surface area contributed by atoms with Crippen LogP contribution in [-0.2, 0) is 14.3 Å². The van der Waals surface area contributed by atoms with Gasteiger partial charge in [0.2, 0.25) is 11.5 Å². The number of anilines is 2. The zero-order valence-electron chi connectivity index (χ0n) is 14.9. The van der Waals surface area contributed by atoms with Crippen molar-refractivity contribution in [1.82, 2.24) is 4.98 Å². The number of aromatic nitrogens is 1. The fourth-order valence-corrected chi connectivity index (χ4v) is 2.66. The molecule has 0 aliphatic rings. The summed E-state index contributed by atoms with van der Waals surface area (Å²) in [5.41, 5.74) is 1.11. The summed E-state index contributed by atoms with van der Waals surface area (Å²) in [4.78, 5) is 49.9. The third kappa shape index (κ3) is 4.61. The normalized spacial score (nSPS) is 10.3. The molecular weight excluding hydrogens is 362 g/mol. The molecule has 0 unspecified atom stereocenters. The van der Waals surface area contributed by atoms with Gasteiger partial charge in [-0.3, -0.25) is 14.4 Å². The average molecular weight is 379 g/mol. The summed E-state index contributed by atoms with van der Waals surface area (Å²) in [6, 6.07) is 14.5. The number of hydrogen-bond donors (Lipinski definition) is 3. The summed E-state index contributed by atoms with van der Waals surface area (Å²) >= 11 is 0. The molecule has 8 heteroatoms. The van der Waals surface area contributed by atoms with Crippen molar-refractivity contribution in [3.63, 3.8) is 0 Å². The topological polar surface area (TPSA) is 117 Å². The van der Waals surface area contributed by atoms with Crippen molar-refractivity contribution in [3.8, 4) is 0 Å². The largest absolute Gasteiger partial charge is 0.452 e. The predicted molar refractivity (Wildman–Crippen MR) is 104 cm³/mol. The van der Waals surface area contributed by atoms with Gasteiger partial charge in [-0.1, -0.05) is 24.3 Å². The van der Waals surface area contributed by atoms with E-state index < -0.39 is 24.0 Å². The number of ether oxygens (including phenoxy) is 1. The van der Waals surface area contributed by atoms with Crippen LogP contribution in [0.1, 0.15) is 17.3 Å².